The molecule has 0 spiro atoms. The third-order valence-electron chi connectivity index (χ3n) is 9.26. The highest BCUT2D eigenvalue weighted by atomic mass is 32.1. The van der Waals surface area contributed by atoms with E-state index in [9.17, 15) is 4.11 Å². The molecule has 0 bridgehead atoms. The molecule has 0 N–H and O–H groups in total. The molecule has 0 aliphatic heterocycles. The van der Waals surface area contributed by atoms with Crippen LogP contribution in [0.2, 0.25) is 0 Å². The molecule has 11 rings (SSSR count). The van der Waals surface area contributed by atoms with E-state index in [1.54, 1.807) is 22.7 Å². The summed E-state index contributed by atoms with van der Waals surface area (Å²) in [6.07, 6.45) is 0. The minimum absolute atomic E-state index is 0.0493. The summed E-state index contributed by atoms with van der Waals surface area (Å²) in [4.78, 5) is 14.8. The zero-order valence-corrected chi connectivity index (χ0v) is 29.0. The van der Waals surface area contributed by atoms with Crippen molar-refractivity contribution in [3.8, 4) is 45.3 Å². The summed E-state index contributed by atoms with van der Waals surface area (Å²) >= 11 is 4.52. The predicted octanol–water partition coefficient (Wildman–Crippen LogP) is 13.6. The summed E-state index contributed by atoms with van der Waals surface area (Å²) in [5, 5.41) is 5.02. The third kappa shape index (κ3) is 4.65. The van der Waals surface area contributed by atoms with Crippen molar-refractivity contribution in [2.45, 2.75) is 0 Å². The molecule has 0 aliphatic rings. The average molecular weight is 710 g/mol. The van der Waals surface area contributed by atoms with Crippen LogP contribution in [0.15, 0.2) is 152 Å². The maximum atomic E-state index is 9.68. The molecule has 0 radical (unpaired) electrons. The number of thiophene rings is 3. The normalized spacial score (nSPS) is 13.6. The average Bonchev–Trinajstić information content (AvgIpc) is 3.94. The van der Waals surface area contributed by atoms with Crippen molar-refractivity contribution in [2.24, 2.45) is 0 Å². The summed E-state index contributed by atoms with van der Waals surface area (Å²) in [7, 11) is 0. The summed E-state index contributed by atoms with van der Waals surface area (Å²) < 4.78 is 60.8. The third-order valence-corrected chi connectivity index (χ3v) is 12.7. The Morgan fingerprint density at radius 2 is 1.06 bits per heavy atom. The number of benzene rings is 7. The first-order valence-electron chi connectivity index (χ1n) is 19.4. The molecular formula is C45H25N3S3. The largest absolute Gasteiger partial charge is 0.208 e. The Kier molecular flexibility index (Phi) is 5.26. The lowest BCUT2D eigenvalue weighted by molar-refractivity contribution is 1.08. The summed E-state index contributed by atoms with van der Waals surface area (Å²) in [5.41, 5.74) is 2.82. The molecular weight excluding hydrogens is 679 g/mol. The van der Waals surface area contributed by atoms with Gasteiger partial charge >= 0.3 is 0 Å². The van der Waals surface area contributed by atoms with Gasteiger partial charge in [0.1, 0.15) is 0 Å². The zero-order valence-electron chi connectivity index (χ0n) is 32.5. The molecule has 0 amide bonds. The molecule has 0 fully saturated rings. The van der Waals surface area contributed by atoms with Crippen LogP contribution in [0.4, 0.5) is 0 Å². The fraction of sp³-hybridized carbons (Fsp3) is 0. The number of fused-ring (bicyclic) bond motifs is 9. The quantitative estimate of drug-likeness (QED) is 0.183. The summed E-state index contributed by atoms with van der Waals surface area (Å²) in [6.45, 7) is 0. The van der Waals surface area contributed by atoms with Gasteiger partial charge in [0.25, 0.3) is 0 Å². The van der Waals surface area contributed by atoms with E-state index in [0.717, 1.165) is 57.0 Å². The molecule has 4 aromatic heterocycles. The van der Waals surface area contributed by atoms with E-state index < -0.39 is 0 Å². The Morgan fingerprint density at radius 1 is 0.392 bits per heavy atom. The van der Waals surface area contributed by atoms with Gasteiger partial charge in [0, 0.05) is 77.2 Å². The zero-order chi connectivity index (χ0) is 38.7. The number of hydrogen-bond acceptors (Lipinski definition) is 6. The van der Waals surface area contributed by atoms with E-state index >= 15 is 0 Å². The van der Waals surface area contributed by atoms with Crippen molar-refractivity contribution < 1.29 is 8.22 Å². The van der Waals surface area contributed by atoms with E-state index in [1.165, 1.54) is 11.3 Å². The van der Waals surface area contributed by atoms with Crippen LogP contribution in [0.1, 0.15) is 8.22 Å². The minimum atomic E-state index is -0.264. The molecule has 0 saturated heterocycles. The Hall–Kier alpha value is -5.79. The minimum Gasteiger partial charge on any atom is -0.208 e. The van der Waals surface area contributed by atoms with Gasteiger partial charge in [-0.25, -0.2) is 15.0 Å². The molecule has 3 nitrogen and oxygen atoms in total. The van der Waals surface area contributed by atoms with Crippen molar-refractivity contribution in [3.63, 3.8) is 0 Å². The lowest BCUT2D eigenvalue weighted by Crippen LogP contribution is -2.00. The highest BCUT2D eigenvalue weighted by molar-refractivity contribution is 7.27. The highest BCUT2D eigenvalue weighted by Crippen LogP contribution is 2.44. The van der Waals surface area contributed by atoms with Crippen LogP contribution in [-0.2, 0) is 0 Å². The topological polar surface area (TPSA) is 38.7 Å². The smallest absolute Gasteiger partial charge is 0.165 e. The van der Waals surface area contributed by atoms with Crippen LogP contribution in [0, 0.1) is 0 Å². The first-order valence-corrected chi connectivity index (χ1v) is 18.8. The standard InChI is InChI=1S/C45H25N3S3/c1-2-10-26(11-3-1)43-46-44(48-45(47-43)36-17-9-16-34-31-13-5-7-19-38(31)50-42(34)36)28-21-23-33-35-15-8-14-29(41(35)51-40(33)25-28)27-20-22-32-30-12-4-6-18-37(30)49-39(32)24-27/h1-25H/i8D,14D,15D,21D,23D,25D. The summed E-state index contributed by atoms with van der Waals surface area (Å²) in [5.74, 6) is 0.868. The molecule has 4 heterocycles. The maximum absolute atomic E-state index is 9.68. The van der Waals surface area contributed by atoms with E-state index in [0.29, 0.717) is 32.0 Å². The van der Waals surface area contributed by atoms with Crippen molar-refractivity contribution in [1.29, 1.82) is 0 Å². The van der Waals surface area contributed by atoms with Gasteiger partial charge in [0.2, 0.25) is 0 Å². The van der Waals surface area contributed by atoms with Gasteiger partial charge in [0.15, 0.2) is 17.5 Å². The Bertz CT molecular complexity index is 3500. The van der Waals surface area contributed by atoms with E-state index in [2.05, 4.69) is 30.3 Å². The maximum Gasteiger partial charge on any atom is 0.165 e. The molecule has 0 saturated carbocycles. The monoisotopic (exact) mass is 709 g/mol. The number of rotatable bonds is 4. The van der Waals surface area contributed by atoms with Gasteiger partial charge in [-0.1, -0.05) is 121 Å². The molecule has 7 aromatic carbocycles. The molecule has 0 aliphatic carbocycles. The van der Waals surface area contributed by atoms with Crippen molar-refractivity contribution >= 4 is 94.5 Å². The van der Waals surface area contributed by atoms with Crippen LogP contribution in [0.25, 0.3) is 106 Å². The molecule has 0 unspecified atom stereocenters. The first kappa shape index (κ1) is 23.6. The lowest BCUT2D eigenvalue weighted by atomic mass is 10.0. The number of aromatic nitrogens is 3. The van der Waals surface area contributed by atoms with Gasteiger partial charge in [0.05, 0.1) is 8.22 Å². The predicted molar refractivity (Wildman–Crippen MR) is 220 cm³/mol. The molecule has 11 aromatic rings. The van der Waals surface area contributed by atoms with Crippen LogP contribution >= 0.6 is 34.0 Å². The van der Waals surface area contributed by atoms with Crippen LogP contribution in [0.5, 0.6) is 0 Å². The SMILES string of the molecule is [2H]c1c([2H])c([2H])c2c(sc3c([2H])c(-c4nc(-c5ccccc5)nc(-c5cccc6c5sc5ccccc56)n4)c([2H])c([2H])c32)c1-c1ccc2c(c1)sc1ccccc12. The Balaban J connectivity index is 1.17. The molecule has 0 atom stereocenters. The fourth-order valence-electron chi connectivity index (χ4n) is 6.86. The second-order valence-corrected chi connectivity index (χ2v) is 15.4. The van der Waals surface area contributed by atoms with E-state index in [-0.39, 0.29) is 53.0 Å². The van der Waals surface area contributed by atoms with E-state index in [4.69, 9.17) is 19.1 Å². The van der Waals surface area contributed by atoms with Gasteiger partial charge < -0.3 is 0 Å². The van der Waals surface area contributed by atoms with Crippen LogP contribution in [0.3, 0.4) is 0 Å². The first-order chi connectivity index (χ1) is 27.8. The molecule has 238 valence electrons. The number of nitrogens with zero attached hydrogens (tertiary/aromatic N) is 3. The highest BCUT2D eigenvalue weighted by Gasteiger charge is 2.18. The fourth-order valence-corrected chi connectivity index (χ4v) is 10.4. The molecule has 6 heteroatoms. The van der Waals surface area contributed by atoms with Crippen molar-refractivity contribution in [3.05, 3.63) is 152 Å². The Labute approximate surface area is 313 Å². The molecule has 51 heavy (non-hydrogen) atoms. The number of hydrogen-bond donors (Lipinski definition) is 0. The Morgan fingerprint density at radius 3 is 1.92 bits per heavy atom. The van der Waals surface area contributed by atoms with Gasteiger partial charge in [-0.3, -0.25) is 0 Å². The van der Waals surface area contributed by atoms with Gasteiger partial charge in [-0.15, -0.1) is 34.0 Å². The summed E-state index contributed by atoms with van der Waals surface area (Å²) in [6, 6.07) is 37.0. The van der Waals surface area contributed by atoms with Crippen LogP contribution in [-0.4, -0.2) is 15.0 Å². The van der Waals surface area contributed by atoms with Gasteiger partial charge in [-0.05, 0) is 41.4 Å². The second-order valence-electron chi connectivity index (χ2n) is 12.3. The second kappa shape index (κ2) is 11.4. The van der Waals surface area contributed by atoms with E-state index in [1.807, 2.05) is 84.9 Å². The van der Waals surface area contributed by atoms with Crippen molar-refractivity contribution in [1.82, 2.24) is 15.0 Å². The van der Waals surface area contributed by atoms with Crippen LogP contribution < -0.4 is 0 Å². The van der Waals surface area contributed by atoms with Gasteiger partial charge in [-0.2, -0.15) is 0 Å². The lowest BCUT2D eigenvalue weighted by Gasteiger charge is -2.09. The van der Waals surface area contributed by atoms with Crippen molar-refractivity contribution in [2.75, 3.05) is 0 Å².